The van der Waals surface area contributed by atoms with Crippen LogP contribution in [0.2, 0.25) is 0 Å². The Morgan fingerprint density at radius 3 is 2.29 bits per heavy atom. The zero-order chi connectivity index (χ0) is 40.7. The molecule has 1 N–H and O–H groups in total. The first-order valence-corrected chi connectivity index (χ1v) is 20.9. The number of methoxy groups -OCH3 is 1. The lowest BCUT2D eigenvalue weighted by molar-refractivity contribution is 0.122. The monoisotopic (exact) mass is 790 g/mol. The number of piperazine rings is 1. The van der Waals surface area contributed by atoms with E-state index in [2.05, 4.69) is 139 Å². The molecule has 304 valence electrons. The first kappa shape index (κ1) is 38.7. The molecule has 2 amide bonds. The van der Waals surface area contributed by atoms with Crippen molar-refractivity contribution in [2.45, 2.75) is 31.8 Å². The van der Waals surface area contributed by atoms with Gasteiger partial charge in [-0.15, -0.1) is 0 Å². The average molecular weight is 791 g/mol. The molecule has 3 heterocycles. The van der Waals surface area contributed by atoms with Crippen molar-refractivity contribution in [3.8, 4) is 22.6 Å². The number of nitrogens with one attached hydrogen (secondary N) is 1. The van der Waals surface area contributed by atoms with E-state index in [1.165, 1.54) is 27.9 Å². The molecule has 5 aromatic rings. The second-order valence-corrected chi connectivity index (χ2v) is 16.6. The smallest absolute Gasteiger partial charge is 0.317 e. The number of hydrogen-bond donors (Lipinski definition) is 1. The third-order valence-corrected chi connectivity index (χ3v) is 12.5. The minimum absolute atomic E-state index is 0.0693. The van der Waals surface area contributed by atoms with Gasteiger partial charge in [0.2, 0.25) is 0 Å². The summed E-state index contributed by atoms with van der Waals surface area (Å²) in [5, 5.41) is 5.15. The molecule has 1 unspecified atom stereocenters. The standard InChI is InChI=1S/C50H54N4O5/c1-34(2)33-58-28-21-51-48(55)54-24-22-53(23-25-54)43-31-40-41(32-44(43)56-5)47-39(46-45(40)38-13-9-10-14-42(38)49(46,3)4)19-20-50(59-47,35-11-7-6-8-12-35)36-15-17-37(18-16-36)52-26-29-57-30-27-52/h6-20,31-32H,1,21-30,33H2,2-5H3,(H,51,55). The zero-order valence-corrected chi connectivity index (χ0v) is 34.7. The van der Waals surface area contributed by atoms with E-state index >= 15 is 0 Å². The Morgan fingerprint density at radius 2 is 1.56 bits per heavy atom. The molecule has 0 radical (unpaired) electrons. The number of carbonyl (C=O) groups excluding carboxylic acids is 1. The fraction of sp³-hybridized carbons (Fsp3) is 0.340. The van der Waals surface area contributed by atoms with Crippen LogP contribution in [-0.4, -0.2) is 90.3 Å². The van der Waals surface area contributed by atoms with E-state index in [1.54, 1.807) is 7.11 Å². The van der Waals surface area contributed by atoms with Crippen LogP contribution in [0.5, 0.6) is 11.5 Å². The molecule has 1 aliphatic carbocycles. The fourth-order valence-electron chi connectivity index (χ4n) is 9.52. The third-order valence-electron chi connectivity index (χ3n) is 12.5. The number of rotatable bonds is 10. The van der Waals surface area contributed by atoms with Gasteiger partial charge in [-0.25, -0.2) is 4.79 Å². The highest BCUT2D eigenvalue weighted by molar-refractivity contribution is 6.10. The third kappa shape index (κ3) is 6.90. The van der Waals surface area contributed by atoms with Crippen molar-refractivity contribution in [3.63, 3.8) is 0 Å². The summed E-state index contributed by atoms with van der Waals surface area (Å²) in [6.45, 7) is 17.6. The van der Waals surface area contributed by atoms with Gasteiger partial charge in [-0.1, -0.05) is 98.8 Å². The van der Waals surface area contributed by atoms with Crippen molar-refractivity contribution in [1.82, 2.24) is 10.2 Å². The number of ether oxygens (including phenoxy) is 4. The molecule has 3 aliphatic heterocycles. The molecule has 0 spiro atoms. The maximum Gasteiger partial charge on any atom is 0.317 e. The Hall–Kier alpha value is -5.77. The number of urea groups is 1. The Balaban J connectivity index is 1.13. The van der Waals surface area contributed by atoms with E-state index in [1.807, 2.05) is 11.8 Å². The van der Waals surface area contributed by atoms with Gasteiger partial charge in [0.1, 0.15) is 11.5 Å². The zero-order valence-electron chi connectivity index (χ0n) is 34.7. The molecule has 9 rings (SSSR count). The summed E-state index contributed by atoms with van der Waals surface area (Å²) in [6.07, 6.45) is 4.57. The number of nitrogens with zero attached hydrogens (tertiary/aromatic N) is 3. The highest BCUT2D eigenvalue weighted by Crippen LogP contribution is 2.59. The number of fused-ring (bicyclic) bond motifs is 8. The van der Waals surface area contributed by atoms with Crippen molar-refractivity contribution >= 4 is 34.3 Å². The summed E-state index contributed by atoms with van der Waals surface area (Å²) in [5.41, 5.74) is 10.3. The van der Waals surface area contributed by atoms with E-state index in [0.29, 0.717) is 45.9 Å². The fourth-order valence-corrected chi connectivity index (χ4v) is 9.52. The second-order valence-electron chi connectivity index (χ2n) is 16.6. The van der Waals surface area contributed by atoms with Crippen LogP contribution in [0.15, 0.2) is 109 Å². The lowest BCUT2D eigenvalue weighted by Crippen LogP contribution is -2.52. The summed E-state index contributed by atoms with van der Waals surface area (Å²) in [7, 11) is 1.74. The van der Waals surface area contributed by atoms with Crippen LogP contribution in [0.4, 0.5) is 16.2 Å². The van der Waals surface area contributed by atoms with Gasteiger partial charge >= 0.3 is 6.03 Å². The van der Waals surface area contributed by atoms with Crippen molar-refractivity contribution in [2.75, 3.05) is 89.2 Å². The summed E-state index contributed by atoms with van der Waals surface area (Å²) >= 11 is 0. The molecule has 4 aliphatic rings. The van der Waals surface area contributed by atoms with Gasteiger partial charge in [-0.3, -0.25) is 0 Å². The molecule has 2 fully saturated rings. The highest BCUT2D eigenvalue weighted by Gasteiger charge is 2.44. The topological polar surface area (TPSA) is 75.7 Å². The molecule has 0 bridgehead atoms. The Bertz CT molecular complexity index is 2410. The Morgan fingerprint density at radius 1 is 0.847 bits per heavy atom. The van der Waals surface area contributed by atoms with Crippen LogP contribution >= 0.6 is 0 Å². The van der Waals surface area contributed by atoms with Gasteiger partial charge in [-0.05, 0) is 64.9 Å². The minimum Gasteiger partial charge on any atom is -0.495 e. The maximum absolute atomic E-state index is 13.1. The van der Waals surface area contributed by atoms with Gasteiger partial charge in [0.25, 0.3) is 0 Å². The van der Waals surface area contributed by atoms with E-state index < -0.39 is 5.60 Å². The minimum atomic E-state index is -0.881. The van der Waals surface area contributed by atoms with Crippen LogP contribution < -0.4 is 24.6 Å². The van der Waals surface area contributed by atoms with Crippen LogP contribution in [0, 0.1) is 0 Å². The first-order valence-electron chi connectivity index (χ1n) is 20.9. The van der Waals surface area contributed by atoms with Gasteiger partial charge in [-0.2, -0.15) is 0 Å². The SMILES string of the molecule is C=C(C)COCCNC(=O)N1CCN(c2cc3c4c(c5c(c3cc2OC)OC(c2ccccc2)(c2ccc(N3CCOCC3)cc2)C=C5)C(C)(C)c2ccccc2-4)CC1. The summed E-state index contributed by atoms with van der Waals surface area (Å²) in [4.78, 5) is 19.7. The number of anilines is 2. The van der Waals surface area contributed by atoms with Crippen molar-refractivity contribution < 1.29 is 23.7 Å². The molecule has 9 nitrogen and oxygen atoms in total. The molecule has 2 saturated heterocycles. The number of carbonyl (C=O) groups is 1. The number of hydrogen-bond acceptors (Lipinski definition) is 7. The van der Waals surface area contributed by atoms with Gasteiger partial charge in [0.15, 0.2) is 5.60 Å². The number of benzene rings is 5. The summed E-state index contributed by atoms with van der Waals surface area (Å²) < 4.78 is 25.1. The van der Waals surface area contributed by atoms with Crippen LogP contribution in [0.25, 0.3) is 28.0 Å². The van der Waals surface area contributed by atoms with Gasteiger partial charge in [0.05, 0.1) is 39.2 Å². The largest absolute Gasteiger partial charge is 0.495 e. The predicted octanol–water partition coefficient (Wildman–Crippen LogP) is 8.77. The molecule has 59 heavy (non-hydrogen) atoms. The van der Waals surface area contributed by atoms with Crippen LogP contribution in [0.1, 0.15) is 48.6 Å². The van der Waals surface area contributed by atoms with Gasteiger partial charge < -0.3 is 39.0 Å². The first-order chi connectivity index (χ1) is 28.7. The maximum atomic E-state index is 13.1. The summed E-state index contributed by atoms with van der Waals surface area (Å²) in [5.74, 6) is 1.62. The lowest BCUT2D eigenvalue weighted by atomic mass is 9.76. The van der Waals surface area contributed by atoms with Crippen molar-refractivity contribution in [2.24, 2.45) is 0 Å². The molecular weight excluding hydrogens is 737 g/mol. The molecule has 0 aromatic heterocycles. The highest BCUT2D eigenvalue weighted by atomic mass is 16.5. The molecule has 1 atom stereocenters. The average Bonchev–Trinajstić information content (AvgIpc) is 3.52. The molecular formula is C50H54N4O5. The van der Waals surface area contributed by atoms with Gasteiger partial charge in [0, 0.05) is 79.0 Å². The van der Waals surface area contributed by atoms with E-state index in [9.17, 15) is 4.79 Å². The van der Waals surface area contributed by atoms with Crippen LogP contribution in [-0.2, 0) is 20.5 Å². The number of amides is 2. The van der Waals surface area contributed by atoms with E-state index in [0.717, 1.165) is 76.5 Å². The normalized spacial score (nSPS) is 19.2. The second kappa shape index (κ2) is 15.8. The lowest BCUT2D eigenvalue weighted by Gasteiger charge is -2.39. The predicted molar refractivity (Wildman–Crippen MR) is 237 cm³/mol. The van der Waals surface area contributed by atoms with E-state index in [-0.39, 0.29) is 11.4 Å². The molecule has 9 heteroatoms. The number of morpholine rings is 1. The Labute approximate surface area is 347 Å². The van der Waals surface area contributed by atoms with Crippen LogP contribution in [0.3, 0.4) is 0 Å². The van der Waals surface area contributed by atoms with E-state index in [4.69, 9.17) is 18.9 Å². The summed E-state index contributed by atoms with van der Waals surface area (Å²) in [6, 6.07) is 32.7. The molecule has 5 aromatic carbocycles. The van der Waals surface area contributed by atoms with Crippen molar-refractivity contribution in [3.05, 3.63) is 137 Å². The Kier molecular flexibility index (Phi) is 10.4. The van der Waals surface area contributed by atoms with Crippen molar-refractivity contribution in [1.29, 1.82) is 0 Å². The quantitative estimate of drug-likeness (QED) is 0.112. The molecule has 0 saturated carbocycles.